The number of aryl methyl sites for hydroxylation is 1. The summed E-state index contributed by atoms with van der Waals surface area (Å²) in [4.78, 5) is 12.5. The molecule has 0 amide bonds. The number of nitrogens with zero attached hydrogens (tertiary/aromatic N) is 2. The third kappa shape index (κ3) is 3.18. The Kier molecular flexibility index (Phi) is 4.28. The number of imidazole rings is 1. The molecule has 2 atom stereocenters. The van der Waals surface area contributed by atoms with E-state index in [1.807, 2.05) is 36.5 Å². The summed E-state index contributed by atoms with van der Waals surface area (Å²) in [5.41, 5.74) is 10.9. The number of aromatic amines is 1. The minimum atomic E-state index is 0.0275. The maximum absolute atomic E-state index is 6.32. The van der Waals surface area contributed by atoms with E-state index in [9.17, 15) is 0 Å². The second kappa shape index (κ2) is 6.71. The van der Waals surface area contributed by atoms with Gasteiger partial charge in [-0.3, -0.25) is 4.98 Å². The van der Waals surface area contributed by atoms with Crippen LogP contribution in [0.4, 0.5) is 0 Å². The van der Waals surface area contributed by atoms with Crippen LogP contribution < -0.4 is 11.1 Å². The fraction of sp³-hybridized carbons (Fsp3) is 0.368. The Morgan fingerprint density at radius 2 is 2.17 bits per heavy atom. The van der Waals surface area contributed by atoms with Crippen LogP contribution in [0, 0.1) is 0 Å². The Hall–Kier alpha value is -2.24. The lowest BCUT2D eigenvalue weighted by Gasteiger charge is -2.26. The molecule has 4 rings (SSSR count). The average molecular weight is 321 g/mol. The van der Waals surface area contributed by atoms with E-state index in [0.29, 0.717) is 6.04 Å². The molecule has 1 aliphatic rings. The van der Waals surface area contributed by atoms with Gasteiger partial charge < -0.3 is 16.0 Å². The number of pyridine rings is 1. The Morgan fingerprint density at radius 1 is 1.25 bits per heavy atom. The minimum Gasteiger partial charge on any atom is -0.342 e. The molecule has 2 heterocycles. The van der Waals surface area contributed by atoms with Gasteiger partial charge in [0.05, 0.1) is 16.7 Å². The zero-order chi connectivity index (χ0) is 16.4. The average Bonchev–Trinajstić information content (AvgIpc) is 3.02. The second-order valence-electron chi connectivity index (χ2n) is 6.57. The number of benzene rings is 1. The largest absolute Gasteiger partial charge is 0.342 e. The molecule has 0 radical (unpaired) electrons. The predicted molar refractivity (Wildman–Crippen MR) is 95.7 cm³/mol. The predicted octanol–water partition coefficient (Wildman–Crippen LogP) is 2.49. The van der Waals surface area contributed by atoms with Crippen LogP contribution in [0.25, 0.3) is 11.0 Å². The number of aromatic nitrogens is 3. The zero-order valence-corrected chi connectivity index (χ0v) is 13.7. The van der Waals surface area contributed by atoms with Crippen LogP contribution in [0.5, 0.6) is 0 Å². The number of para-hydroxylation sites is 2. The number of nitrogens with one attached hydrogen (secondary N) is 2. The van der Waals surface area contributed by atoms with Gasteiger partial charge in [0.15, 0.2) is 0 Å². The monoisotopic (exact) mass is 321 g/mol. The lowest BCUT2D eigenvalue weighted by molar-refractivity contribution is 0.427. The van der Waals surface area contributed by atoms with Crippen molar-refractivity contribution in [2.45, 2.75) is 37.8 Å². The van der Waals surface area contributed by atoms with Crippen LogP contribution in [-0.4, -0.2) is 27.5 Å². The van der Waals surface area contributed by atoms with Gasteiger partial charge in [0.2, 0.25) is 0 Å². The van der Waals surface area contributed by atoms with Crippen molar-refractivity contribution in [1.82, 2.24) is 20.3 Å². The summed E-state index contributed by atoms with van der Waals surface area (Å²) in [7, 11) is 0. The molecule has 0 spiro atoms. The molecule has 2 aromatic heterocycles. The maximum Gasteiger partial charge on any atom is 0.108 e. The van der Waals surface area contributed by atoms with Gasteiger partial charge >= 0.3 is 0 Å². The van der Waals surface area contributed by atoms with Gasteiger partial charge in [-0.25, -0.2) is 4.98 Å². The standard InChI is InChI=1S/C19H23N5/c20-14(11-18-23-15-7-1-2-8-16(15)24-18)12-22-17-9-3-5-13-6-4-10-21-19(13)17/h1-2,4,6-8,10,14,17,22H,3,5,9,11-12,20H2,(H,23,24). The van der Waals surface area contributed by atoms with E-state index in [2.05, 4.69) is 26.3 Å². The summed E-state index contributed by atoms with van der Waals surface area (Å²) in [5, 5.41) is 3.60. The lowest BCUT2D eigenvalue weighted by atomic mass is 9.92. The molecular weight excluding hydrogens is 298 g/mol. The van der Waals surface area contributed by atoms with Gasteiger partial charge in [0.25, 0.3) is 0 Å². The molecule has 24 heavy (non-hydrogen) atoms. The zero-order valence-electron chi connectivity index (χ0n) is 13.7. The molecule has 4 N–H and O–H groups in total. The van der Waals surface area contributed by atoms with Crippen molar-refractivity contribution in [1.29, 1.82) is 0 Å². The number of H-pyrrole nitrogens is 1. The van der Waals surface area contributed by atoms with Gasteiger partial charge in [-0.05, 0) is 43.0 Å². The number of hydrogen-bond acceptors (Lipinski definition) is 4. The summed E-state index contributed by atoms with van der Waals surface area (Å²) < 4.78 is 0. The van der Waals surface area contributed by atoms with Crippen LogP contribution in [-0.2, 0) is 12.8 Å². The third-order valence-electron chi connectivity index (χ3n) is 4.72. The molecule has 0 saturated heterocycles. The first kappa shape index (κ1) is 15.3. The maximum atomic E-state index is 6.32. The molecule has 0 fully saturated rings. The van der Waals surface area contributed by atoms with Crippen molar-refractivity contribution < 1.29 is 0 Å². The number of nitrogens with two attached hydrogens (primary N) is 1. The summed E-state index contributed by atoms with van der Waals surface area (Å²) in [5.74, 6) is 0.952. The van der Waals surface area contributed by atoms with Gasteiger partial charge in [0, 0.05) is 31.2 Å². The summed E-state index contributed by atoms with van der Waals surface area (Å²) in [6, 6.07) is 12.6. The Bertz CT molecular complexity index is 792. The molecule has 0 saturated carbocycles. The van der Waals surface area contributed by atoms with E-state index in [0.717, 1.165) is 42.7 Å². The number of fused-ring (bicyclic) bond motifs is 2. The normalized spacial score (nSPS) is 18.5. The second-order valence-corrected chi connectivity index (χ2v) is 6.57. The van der Waals surface area contributed by atoms with E-state index in [4.69, 9.17) is 5.73 Å². The molecule has 2 unspecified atom stereocenters. The van der Waals surface area contributed by atoms with Crippen LogP contribution in [0.1, 0.15) is 36.0 Å². The van der Waals surface area contributed by atoms with E-state index < -0.39 is 0 Å². The number of rotatable bonds is 5. The van der Waals surface area contributed by atoms with Gasteiger partial charge in [-0.1, -0.05) is 18.2 Å². The lowest BCUT2D eigenvalue weighted by Crippen LogP contribution is -2.38. The van der Waals surface area contributed by atoms with Crippen LogP contribution in [0.3, 0.4) is 0 Å². The Morgan fingerprint density at radius 3 is 3.08 bits per heavy atom. The highest BCUT2D eigenvalue weighted by Crippen LogP contribution is 2.27. The smallest absolute Gasteiger partial charge is 0.108 e. The topological polar surface area (TPSA) is 79.6 Å². The quantitative estimate of drug-likeness (QED) is 0.674. The molecule has 5 nitrogen and oxygen atoms in total. The molecule has 1 aliphatic carbocycles. The first-order valence-corrected chi connectivity index (χ1v) is 8.66. The highest BCUT2D eigenvalue weighted by Gasteiger charge is 2.21. The van der Waals surface area contributed by atoms with Crippen molar-refractivity contribution in [2.75, 3.05) is 6.54 Å². The first-order valence-electron chi connectivity index (χ1n) is 8.66. The fourth-order valence-electron chi connectivity index (χ4n) is 3.52. The van der Waals surface area contributed by atoms with Crippen LogP contribution >= 0.6 is 0 Å². The van der Waals surface area contributed by atoms with Gasteiger partial charge in [0.1, 0.15) is 5.82 Å². The molecule has 3 aromatic rings. The molecule has 0 bridgehead atoms. The summed E-state index contributed by atoms with van der Waals surface area (Å²) in [6.45, 7) is 0.762. The summed E-state index contributed by atoms with van der Waals surface area (Å²) >= 11 is 0. The van der Waals surface area contributed by atoms with Crippen molar-refractivity contribution in [3.05, 3.63) is 59.7 Å². The fourth-order valence-corrected chi connectivity index (χ4v) is 3.52. The molecule has 124 valence electrons. The molecular formula is C19H23N5. The van der Waals surface area contributed by atoms with Gasteiger partial charge in [-0.2, -0.15) is 0 Å². The van der Waals surface area contributed by atoms with Crippen molar-refractivity contribution >= 4 is 11.0 Å². The van der Waals surface area contributed by atoms with Crippen molar-refractivity contribution in [3.63, 3.8) is 0 Å². The van der Waals surface area contributed by atoms with Gasteiger partial charge in [-0.15, -0.1) is 0 Å². The van der Waals surface area contributed by atoms with E-state index in [1.54, 1.807) is 0 Å². The first-order chi connectivity index (χ1) is 11.8. The SMILES string of the molecule is NC(CNC1CCCc2cccnc21)Cc1nc2ccccc2[nH]1. The summed E-state index contributed by atoms with van der Waals surface area (Å²) in [6.07, 6.45) is 6.08. The van der Waals surface area contributed by atoms with Crippen LogP contribution in [0.15, 0.2) is 42.6 Å². The van der Waals surface area contributed by atoms with Crippen molar-refractivity contribution in [3.8, 4) is 0 Å². The molecule has 5 heteroatoms. The molecule has 0 aliphatic heterocycles. The van der Waals surface area contributed by atoms with E-state index >= 15 is 0 Å². The van der Waals surface area contributed by atoms with E-state index in [-0.39, 0.29) is 6.04 Å². The molecule has 1 aromatic carbocycles. The Balaban J connectivity index is 1.38. The number of hydrogen-bond donors (Lipinski definition) is 3. The van der Waals surface area contributed by atoms with Crippen molar-refractivity contribution in [2.24, 2.45) is 5.73 Å². The Labute approximate surface area is 141 Å². The van der Waals surface area contributed by atoms with E-state index in [1.165, 1.54) is 17.7 Å². The van der Waals surface area contributed by atoms with Crippen LogP contribution in [0.2, 0.25) is 0 Å². The minimum absolute atomic E-state index is 0.0275. The highest BCUT2D eigenvalue weighted by atomic mass is 15.0. The highest BCUT2D eigenvalue weighted by molar-refractivity contribution is 5.74. The third-order valence-corrected chi connectivity index (χ3v) is 4.72.